The zero-order valence-corrected chi connectivity index (χ0v) is 12.0. The second-order valence-corrected chi connectivity index (χ2v) is 5.55. The van der Waals surface area contributed by atoms with Crippen LogP contribution in [0.5, 0.6) is 0 Å². The molecule has 1 aliphatic rings. The maximum atomic E-state index is 12.3. The summed E-state index contributed by atoms with van der Waals surface area (Å²) in [7, 11) is 0. The maximum absolute atomic E-state index is 12.3. The molecule has 1 heterocycles. The van der Waals surface area contributed by atoms with E-state index in [1.807, 2.05) is 20.8 Å². The predicted molar refractivity (Wildman–Crippen MR) is 75.4 cm³/mol. The van der Waals surface area contributed by atoms with Gasteiger partial charge in [-0.15, -0.1) is 0 Å². The van der Waals surface area contributed by atoms with Crippen LogP contribution >= 0.6 is 23.2 Å². The van der Waals surface area contributed by atoms with Gasteiger partial charge in [0, 0.05) is 10.7 Å². The monoisotopic (exact) mass is 284 g/mol. The van der Waals surface area contributed by atoms with Crippen LogP contribution in [0.2, 0.25) is 10.0 Å². The van der Waals surface area contributed by atoms with Crippen molar-refractivity contribution < 1.29 is 4.79 Å². The lowest BCUT2D eigenvalue weighted by atomic mass is 9.92. The molecule has 18 heavy (non-hydrogen) atoms. The summed E-state index contributed by atoms with van der Waals surface area (Å²) in [4.78, 5) is 12.3. The van der Waals surface area contributed by atoms with Crippen molar-refractivity contribution >= 4 is 40.5 Å². The molecule has 0 aromatic heterocycles. The Balaban J connectivity index is 2.39. The molecule has 1 amide bonds. The molecule has 0 aliphatic carbocycles. The molecule has 1 aromatic rings. The van der Waals surface area contributed by atoms with E-state index in [2.05, 4.69) is 5.10 Å². The zero-order valence-electron chi connectivity index (χ0n) is 10.4. The second-order valence-electron chi connectivity index (χ2n) is 4.71. The third kappa shape index (κ3) is 2.25. The number of hydrogen-bond acceptors (Lipinski definition) is 2. The van der Waals surface area contributed by atoms with Gasteiger partial charge in [0.1, 0.15) is 0 Å². The highest BCUT2D eigenvalue weighted by molar-refractivity contribution is 6.37. The highest BCUT2D eigenvalue weighted by Gasteiger charge is 2.36. The Labute approximate surface area is 116 Å². The standard InChI is InChI=1S/C13H14Cl2N2O/c1-7(2)12-8(3)16-17(13(12)18)11-5-4-9(14)6-10(11)15/h4-7,12H,1-3H3. The van der Waals surface area contributed by atoms with Gasteiger partial charge < -0.3 is 0 Å². The Morgan fingerprint density at radius 1 is 1.33 bits per heavy atom. The summed E-state index contributed by atoms with van der Waals surface area (Å²) in [5.74, 6) is 0.0146. The summed E-state index contributed by atoms with van der Waals surface area (Å²) >= 11 is 11.9. The molecular formula is C13H14Cl2N2O. The van der Waals surface area contributed by atoms with Gasteiger partial charge in [0.25, 0.3) is 5.91 Å². The third-order valence-corrected chi connectivity index (χ3v) is 3.53. The van der Waals surface area contributed by atoms with Gasteiger partial charge in [0.2, 0.25) is 0 Å². The molecule has 1 aliphatic heterocycles. The topological polar surface area (TPSA) is 32.7 Å². The highest BCUT2D eigenvalue weighted by atomic mass is 35.5. The van der Waals surface area contributed by atoms with Gasteiger partial charge in [-0.2, -0.15) is 10.1 Å². The van der Waals surface area contributed by atoms with Gasteiger partial charge in [-0.25, -0.2) is 0 Å². The minimum Gasteiger partial charge on any atom is -0.272 e. The number of carbonyl (C=O) groups excluding carboxylic acids is 1. The van der Waals surface area contributed by atoms with Crippen LogP contribution in [0.1, 0.15) is 20.8 Å². The largest absolute Gasteiger partial charge is 0.272 e. The number of rotatable bonds is 2. The molecule has 1 atom stereocenters. The van der Waals surface area contributed by atoms with E-state index in [-0.39, 0.29) is 17.7 Å². The molecule has 0 spiro atoms. The molecule has 3 nitrogen and oxygen atoms in total. The van der Waals surface area contributed by atoms with E-state index in [0.717, 1.165) is 5.71 Å². The maximum Gasteiger partial charge on any atom is 0.256 e. The van der Waals surface area contributed by atoms with E-state index in [1.165, 1.54) is 5.01 Å². The van der Waals surface area contributed by atoms with Crippen molar-refractivity contribution in [1.29, 1.82) is 0 Å². The number of anilines is 1. The van der Waals surface area contributed by atoms with Crippen molar-refractivity contribution in [3.8, 4) is 0 Å². The van der Waals surface area contributed by atoms with Crippen molar-refractivity contribution in [3.05, 3.63) is 28.2 Å². The van der Waals surface area contributed by atoms with Gasteiger partial charge in [-0.05, 0) is 31.0 Å². The molecule has 0 saturated carbocycles. The molecule has 1 unspecified atom stereocenters. The highest BCUT2D eigenvalue weighted by Crippen LogP contribution is 2.34. The lowest BCUT2D eigenvalue weighted by molar-refractivity contribution is -0.120. The van der Waals surface area contributed by atoms with Gasteiger partial charge in [0.05, 0.1) is 16.6 Å². The van der Waals surface area contributed by atoms with E-state index in [9.17, 15) is 4.79 Å². The van der Waals surface area contributed by atoms with Crippen LogP contribution in [0.15, 0.2) is 23.3 Å². The minimum absolute atomic E-state index is 0.0354. The van der Waals surface area contributed by atoms with Crippen LogP contribution in [-0.2, 0) is 4.79 Å². The van der Waals surface area contributed by atoms with Crippen LogP contribution in [-0.4, -0.2) is 11.6 Å². The Morgan fingerprint density at radius 2 is 2.00 bits per heavy atom. The zero-order chi connectivity index (χ0) is 13.4. The molecule has 96 valence electrons. The summed E-state index contributed by atoms with van der Waals surface area (Å²) in [5, 5.41) is 6.65. The average molecular weight is 285 g/mol. The summed E-state index contributed by atoms with van der Waals surface area (Å²) in [5.41, 5.74) is 1.40. The molecule has 0 saturated heterocycles. The van der Waals surface area contributed by atoms with E-state index in [4.69, 9.17) is 23.2 Å². The second kappa shape index (κ2) is 4.90. The molecule has 0 bridgehead atoms. The number of hydrogen-bond donors (Lipinski definition) is 0. The Kier molecular flexibility index (Phi) is 3.64. The first-order chi connectivity index (χ1) is 8.41. The first kappa shape index (κ1) is 13.4. The number of hydrazone groups is 1. The number of nitrogens with zero attached hydrogens (tertiary/aromatic N) is 2. The van der Waals surface area contributed by atoms with Crippen molar-refractivity contribution in [2.75, 3.05) is 5.01 Å². The number of carbonyl (C=O) groups is 1. The number of halogens is 2. The van der Waals surface area contributed by atoms with Crippen LogP contribution < -0.4 is 5.01 Å². The quantitative estimate of drug-likeness (QED) is 0.808. The fourth-order valence-electron chi connectivity index (χ4n) is 2.17. The van der Waals surface area contributed by atoms with Crippen molar-refractivity contribution in [1.82, 2.24) is 0 Å². The molecule has 0 fully saturated rings. The first-order valence-corrected chi connectivity index (χ1v) is 6.51. The average Bonchev–Trinajstić information content (AvgIpc) is 2.54. The summed E-state index contributed by atoms with van der Waals surface area (Å²) in [6.07, 6.45) is 0. The predicted octanol–water partition coefficient (Wildman–Crippen LogP) is 3.99. The van der Waals surface area contributed by atoms with Gasteiger partial charge in [0.15, 0.2) is 0 Å². The molecule has 1 aromatic carbocycles. The molecule has 0 radical (unpaired) electrons. The molecule has 2 rings (SSSR count). The Bertz CT molecular complexity index is 526. The molecular weight excluding hydrogens is 271 g/mol. The van der Waals surface area contributed by atoms with Gasteiger partial charge in [-0.1, -0.05) is 37.0 Å². The summed E-state index contributed by atoms with van der Waals surface area (Å²) in [6.45, 7) is 5.88. The lowest BCUT2D eigenvalue weighted by Crippen LogP contribution is -2.30. The van der Waals surface area contributed by atoms with E-state index in [0.29, 0.717) is 15.7 Å². The van der Waals surface area contributed by atoms with Crippen molar-refractivity contribution in [3.63, 3.8) is 0 Å². The third-order valence-electron chi connectivity index (χ3n) is 2.99. The summed E-state index contributed by atoms with van der Waals surface area (Å²) in [6, 6.07) is 5.02. The van der Waals surface area contributed by atoms with Crippen LogP contribution in [0.25, 0.3) is 0 Å². The molecule has 5 heteroatoms. The number of benzene rings is 1. The molecule has 0 N–H and O–H groups in total. The van der Waals surface area contributed by atoms with Gasteiger partial charge in [-0.3, -0.25) is 4.79 Å². The van der Waals surface area contributed by atoms with E-state index < -0.39 is 0 Å². The smallest absolute Gasteiger partial charge is 0.256 e. The van der Waals surface area contributed by atoms with Crippen molar-refractivity contribution in [2.45, 2.75) is 20.8 Å². The fourth-order valence-corrected chi connectivity index (χ4v) is 2.66. The van der Waals surface area contributed by atoms with E-state index >= 15 is 0 Å². The van der Waals surface area contributed by atoms with Crippen LogP contribution in [0.4, 0.5) is 5.69 Å². The first-order valence-electron chi connectivity index (χ1n) is 5.76. The minimum atomic E-state index is -0.170. The Morgan fingerprint density at radius 3 is 2.50 bits per heavy atom. The van der Waals surface area contributed by atoms with Gasteiger partial charge >= 0.3 is 0 Å². The normalized spacial score (nSPS) is 19.7. The summed E-state index contributed by atoms with van der Waals surface area (Å²) < 4.78 is 0. The lowest BCUT2D eigenvalue weighted by Gasteiger charge is -2.17. The van der Waals surface area contributed by atoms with Crippen molar-refractivity contribution in [2.24, 2.45) is 16.9 Å². The fraction of sp³-hybridized carbons (Fsp3) is 0.385. The Hall–Kier alpha value is -1.06. The van der Waals surface area contributed by atoms with Crippen LogP contribution in [0.3, 0.4) is 0 Å². The number of amides is 1. The SMILES string of the molecule is CC1=NN(c2ccc(Cl)cc2Cl)C(=O)C1C(C)C. The van der Waals surface area contributed by atoms with Crippen LogP contribution in [0, 0.1) is 11.8 Å². The van der Waals surface area contributed by atoms with E-state index in [1.54, 1.807) is 18.2 Å².